The summed E-state index contributed by atoms with van der Waals surface area (Å²) in [5.41, 5.74) is 0. The molecule has 1 heterocycles. The molecule has 0 radical (unpaired) electrons. The van der Waals surface area contributed by atoms with Crippen LogP contribution >= 0.6 is 0 Å². The zero-order valence-corrected chi connectivity index (χ0v) is 11.3. The van der Waals surface area contributed by atoms with Crippen LogP contribution in [0.25, 0.3) is 0 Å². The number of hydrogen-bond acceptors (Lipinski definition) is 2. The minimum Gasteiger partial charge on any atom is -0.481 e. The maximum absolute atomic E-state index is 10.4. The molecule has 0 amide bonds. The van der Waals surface area contributed by atoms with E-state index < -0.39 is 5.97 Å². The van der Waals surface area contributed by atoms with E-state index in [9.17, 15) is 4.79 Å². The summed E-state index contributed by atoms with van der Waals surface area (Å²) < 4.78 is 0. The second-order valence-electron chi connectivity index (χ2n) is 5.63. The Morgan fingerprint density at radius 2 is 1.88 bits per heavy atom. The molecule has 1 N–H and O–H groups in total. The van der Waals surface area contributed by atoms with Crippen molar-refractivity contribution >= 4 is 5.97 Å². The topological polar surface area (TPSA) is 40.5 Å². The van der Waals surface area contributed by atoms with E-state index in [-0.39, 0.29) is 0 Å². The number of carbonyl (C=O) groups is 1. The van der Waals surface area contributed by atoms with E-state index in [0.29, 0.717) is 6.42 Å². The zero-order chi connectivity index (χ0) is 12.7. The van der Waals surface area contributed by atoms with Crippen molar-refractivity contribution in [1.29, 1.82) is 0 Å². The van der Waals surface area contributed by atoms with Gasteiger partial charge in [-0.15, -0.1) is 0 Å². The molecule has 0 atom stereocenters. The van der Waals surface area contributed by atoms with Gasteiger partial charge in [-0.1, -0.05) is 20.3 Å². The summed E-state index contributed by atoms with van der Waals surface area (Å²) in [7, 11) is 0. The average molecular weight is 241 g/mol. The number of carboxylic acids is 1. The molecule has 1 rings (SSSR count). The first-order valence-corrected chi connectivity index (χ1v) is 7.03. The van der Waals surface area contributed by atoms with Gasteiger partial charge in [0.1, 0.15) is 0 Å². The maximum atomic E-state index is 10.4. The predicted octanol–water partition coefficient (Wildman–Crippen LogP) is 3.00. The van der Waals surface area contributed by atoms with Crippen LogP contribution < -0.4 is 0 Å². The fourth-order valence-electron chi connectivity index (χ4n) is 2.63. The molecule has 0 aromatic carbocycles. The SMILES string of the molecule is CC(C)C1CCN(CCCCCC(=O)O)CC1. The van der Waals surface area contributed by atoms with E-state index in [1.807, 2.05) is 0 Å². The Bertz CT molecular complexity index is 220. The van der Waals surface area contributed by atoms with Crippen LogP contribution in [0.2, 0.25) is 0 Å². The standard InChI is InChI=1S/C14H27NO2/c1-12(2)13-7-10-15(11-8-13)9-5-3-4-6-14(16)17/h12-13H,3-11H2,1-2H3,(H,16,17). The van der Waals surface area contributed by atoms with Gasteiger partial charge < -0.3 is 10.0 Å². The molecule has 0 bridgehead atoms. The van der Waals surface area contributed by atoms with Crippen LogP contribution in [-0.2, 0) is 4.79 Å². The Labute approximate surface area is 105 Å². The summed E-state index contributed by atoms with van der Waals surface area (Å²) in [4.78, 5) is 12.9. The number of rotatable bonds is 7. The molecule has 0 aromatic rings. The third-order valence-corrected chi connectivity index (χ3v) is 3.94. The second kappa shape index (κ2) is 7.70. The van der Waals surface area contributed by atoms with Crippen molar-refractivity contribution in [2.24, 2.45) is 11.8 Å². The number of unbranched alkanes of at least 4 members (excludes halogenated alkanes) is 2. The lowest BCUT2D eigenvalue weighted by atomic mass is 9.87. The average Bonchev–Trinajstić information content (AvgIpc) is 2.29. The highest BCUT2D eigenvalue weighted by Crippen LogP contribution is 2.24. The normalized spacial score (nSPS) is 18.8. The lowest BCUT2D eigenvalue weighted by Gasteiger charge is -2.33. The van der Waals surface area contributed by atoms with E-state index in [1.54, 1.807) is 0 Å². The molecule has 100 valence electrons. The first kappa shape index (κ1) is 14.5. The van der Waals surface area contributed by atoms with E-state index in [0.717, 1.165) is 37.6 Å². The molecule has 0 aliphatic carbocycles. The molecule has 0 unspecified atom stereocenters. The molecule has 1 fully saturated rings. The number of hydrogen-bond donors (Lipinski definition) is 1. The minimum absolute atomic E-state index is 0.329. The largest absolute Gasteiger partial charge is 0.481 e. The smallest absolute Gasteiger partial charge is 0.303 e. The Kier molecular flexibility index (Phi) is 6.56. The van der Waals surface area contributed by atoms with Gasteiger partial charge in [-0.05, 0) is 57.2 Å². The van der Waals surface area contributed by atoms with Gasteiger partial charge in [-0.25, -0.2) is 0 Å². The van der Waals surface area contributed by atoms with Crippen LogP contribution in [0.4, 0.5) is 0 Å². The number of piperidine rings is 1. The van der Waals surface area contributed by atoms with Gasteiger partial charge in [0.25, 0.3) is 0 Å². The van der Waals surface area contributed by atoms with Crippen LogP contribution in [0, 0.1) is 11.8 Å². The van der Waals surface area contributed by atoms with Gasteiger partial charge in [0.05, 0.1) is 0 Å². The fraction of sp³-hybridized carbons (Fsp3) is 0.929. The maximum Gasteiger partial charge on any atom is 0.303 e. The summed E-state index contributed by atoms with van der Waals surface area (Å²) in [6.07, 6.45) is 6.04. The first-order valence-electron chi connectivity index (χ1n) is 7.03. The zero-order valence-electron chi connectivity index (χ0n) is 11.3. The van der Waals surface area contributed by atoms with Crippen molar-refractivity contribution < 1.29 is 9.90 Å². The summed E-state index contributed by atoms with van der Waals surface area (Å²) in [5, 5.41) is 8.53. The minimum atomic E-state index is -0.664. The molecule has 1 aliphatic heterocycles. The van der Waals surface area contributed by atoms with Gasteiger partial charge in [0.2, 0.25) is 0 Å². The van der Waals surface area contributed by atoms with Crippen LogP contribution in [0.5, 0.6) is 0 Å². The Morgan fingerprint density at radius 1 is 1.24 bits per heavy atom. The Morgan fingerprint density at radius 3 is 2.41 bits per heavy atom. The Balaban J connectivity index is 2.01. The number of nitrogens with zero attached hydrogens (tertiary/aromatic N) is 1. The first-order chi connectivity index (χ1) is 8.09. The number of carboxylic acid groups (broad SMARTS) is 1. The van der Waals surface area contributed by atoms with Crippen molar-refractivity contribution in [1.82, 2.24) is 4.90 Å². The van der Waals surface area contributed by atoms with E-state index in [4.69, 9.17) is 5.11 Å². The highest BCUT2D eigenvalue weighted by molar-refractivity contribution is 5.66. The number of likely N-dealkylation sites (tertiary alicyclic amines) is 1. The molecular weight excluding hydrogens is 214 g/mol. The predicted molar refractivity (Wildman–Crippen MR) is 70.1 cm³/mol. The highest BCUT2D eigenvalue weighted by Gasteiger charge is 2.20. The number of aliphatic carboxylic acids is 1. The Hall–Kier alpha value is -0.570. The van der Waals surface area contributed by atoms with Gasteiger partial charge in [0, 0.05) is 6.42 Å². The summed E-state index contributed by atoms with van der Waals surface area (Å²) in [5.74, 6) is 1.08. The summed E-state index contributed by atoms with van der Waals surface area (Å²) >= 11 is 0. The molecule has 0 saturated carbocycles. The van der Waals surface area contributed by atoms with Crippen molar-refractivity contribution in [3.8, 4) is 0 Å². The van der Waals surface area contributed by atoms with Crippen LogP contribution in [0.15, 0.2) is 0 Å². The third-order valence-electron chi connectivity index (χ3n) is 3.94. The van der Waals surface area contributed by atoms with Gasteiger partial charge >= 0.3 is 5.97 Å². The van der Waals surface area contributed by atoms with Crippen molar-refractivity contribution in [2.75, 3.05) is 19.6 Å². The molecular formula is C14H27NO2. The molecule has 0 aromatic heterocycles. The van der Waals surface area contributed by atoms with Crippen LogP contribution in [0.1, 0.15) is 52.4 Å². The van der Waals surface area contributed by atoms with Crippen LogP contribution in [-0.4, -0.2) is 35.6 Å². The molecule has 0 spiro atoms. The van der Waals surface area contributed by atoms with E-state index in [1.165, 1.54) is 25.9 Å². The summed E-state index contributed by atoms with van der Waals surface area (Å²) in [6, 6.07) is 0. The molecule has 3 heteroatoms. The molecule has 1 aliphatic rings. The van der Waals surface area contributed by atoms with Crippen molar-refractivity contribution in [3.05, 3.63) is 0 Å². The van der Waals surface area contributed by atoms with Crippen molar-refractivity contribution in [3.63, 3.8) is 0 Å². The highest BCUT2D eigenvalue weighted by atomic mass is 16.4. The fourth-order valence-corrected chi connectivity index (χ4v) is 2.63. The summed E-state index contributed by atoms with van der Waals surface area (Å²) in [6.45, 7) is 8.28. The molecule has 3 nitrogen and oxygen atoms in total. The third kappa shape index (κ3) is 6.06. The van der Waals surface area contributed by atoms with Gasteiger partial charge in [-0.2, -0.15) is 0 Å². The monoisotopic (exact) mass is 241 g/mol. The van der Waals surface area contributed by atoms with Crippen LogP contribution in [0.3, 0.4) is 0 Å². The lowest BCUT2D eigenvalue weighted by molar-refractivity contribution is -0.137. The van der Waals surface area contributed by atoms with E-state index >= 15 is 0 Å². The second-order valence-corrected chi connectivity index (χ2v) is 5.63. The lowest BCUT2D eigenvalue weighted by Crippen LogP contribution is -2.35. The molecule has 17 heavy (non-hydrogen) atoms. The van der Waals surface area contributed by atoms with E-state index in [2.05, 4.69) is 18.7 Å². The van der Waals surface area contributed by atoms with Crippen molar-refractivity contribution in [2.45, 2.75) is 52.4 Å². The van der Waals surface area contributed by atoms with Gasteiger partial charge in [0.15, 0.2) is 0 Å². The quantitative estimate of drug-likeness (QED) is 0.697. The van der Waals surface area contributed by atoms with Gasteiger partial charge in [-0.3, -0.25) is 4.79 Å². The molecule has 1 saturated heterocycles.